The number of hydrazine groups is 1. The number of carbonyl (C=O) groups is 1. The third-order valence-electron chi connectivity index (χ3n) is 5.56. The summed E-state index contributed by atoms with van der Waals surface area (Å²) in [6.45, 7) is 1.71. The molecule has 0 aliphatic carbocycles. The van der Waals surface area contributed by atoms with Crippen LogP contribution in [-0.2, 0) is 27.1 Å². The van der Waals surface area contributed by atoms with Gasteiger partial charge in [-0.3, -0.25) is 15.1 Å². The van der Waals surface area contributed by atoms with Crippen LogP contribution in [0.15, 0.2) is 24.3 Å². The molecule has 0 spiro atoms. The summed E-state index contributed by atoms with van der Waals surface area (Å²) in [5.41, 5.74) is 5.41. The van der Waals surface area contributed by atoms with E-state index < -0.39 is 17.8 Å². The molecule has 4 rings (SSSR count). The molecule has 160 valence electrons. The number of halogens is 3. The van der Waals surface area contributed by atoms with Gasteiger partial charge in [0.15, 0.2) is 0 Å². The second-order valence-electron chi connectivity index (χ2n) is 7.72. The fourth-order valence-corrected chi connectivity index (χ4v) is 4.08. The van der Waals surface area contributed by atoms with Gasteiger partial charge in [0.1, 0.15) is 12.1 Å². The number of hydrogen-bond acceptors (Lipinski definition) is 6. The number of benzene rings is 1. The zero-order chi connectivity index (χ0) is 20.4. The van der Waals surface area contributed by atoms with Gasteiger partial charge in [0.25, 0.3) is 0 Å². The van der Waals surface area contributed by atoms with Crippen LogP contribution in [0.2, 0.25) is 0 Å². The quantitative estimate of drug-likeness (QED) is 0.676. The van der Waals surface area contributed by atoms with E-state index in [-0.39, 0.29) is 36.3 Å². The number of alkyl halides is 3. The Bertz CT molecular complexity index is 727. The summed E-state index contributed by atoms with van der Waals surface area (Å²) in [6, 6.07) is 4.89. The number of rotatable bonds is 5. The van der Waals surface area contributed by atoms with Gasteiger partial charge < -0.3 is 10.1 Å². The molecule has 29 heavy (non-hydrogen) atoms. The van der Waals surface area contributed by atoms with Crippen LogP contribution < -0.4 is 16.2 Å². The van der Waals surface area contributed by atoms with Crippen LogP contribution in [0.25, 0.3) is 0 Å². The van der Waals surface area contributed by atoms with E-state index >= 15 is 0 Å². The lowest BCUT2D eigenvalue weighted by Crippen LogP contribution is -2.47. The SMILES string of the molecule is O=C(NC1CNN(Cc2ccccc2C(F)(F)F)C1)C1CC(C2CCCO2)ON1. The van der Waals surface area contributed by atoms with Crippen molar-refractivity contribution in [1.82, 2.24) is 21.2 Å². The van der Waals surface area contributed by atoms with Gasteiger partial charge >= 0.3 is 6.18 Å². The molecule has 3 fully saturated rings. The number of amides is 1. The van der Waals surface area contributed by atoms with E-state index in [2.05, 4.69) is 16.2 Å². The second kappa shape index (κ2) is 8.57. The van der Waals surface area contributed by atoms with Gasteiger partial charge in [0, 0.05) is 32.7 Å². The molecule has 0 aromatic heterocycles. The molecule has 1 aromatic rings. The van der Waals surface area contributed by atoms with Crippen LogP contribution in [0, 0.1) is 0 Å². The summed E-state index contributed by atoms with van der Waals surface area (Å²) < 4.78 is 45.1. The van der Waals surface area contributed by atoms with Gasteiger partial charge in [0.05, 0.1) is 17.7 Å². The molecule has 4 unspecified atom stereocenters. The standard InChI is InChI=1S/C19H25F3N4O3/c20-19(21,22)14-5-2-1-4-12(14)10-26-11-13(9-23-26)24-18(27)15-8-17(29-25-15)16-6-3-7-28-16/h1-2,4-5,13,15-17,23,25H,3,6-11H2,(H,24,27). The minimum absolute atomic E-state index is 0.0256. The molecule has 3 aliphatic rings. The van der Waals surface area contributed by atoms with Crippen molar-refractivity contribution in [2.45, 2.75) is 56.3 Å². The van der Waals surface area contributed by atoms with Crippen LogP contribution in [-0.4, -0.2) is 54.9 Å². The number of nitrogens with zero attached hydrogens (tertiary/aromatic N) is 1. The lowest BCUT2D eigenvalue weighted by atomic mass is 10.0. The number of carbonyl (C=O) groups excluding carboxylic acids is 1. The average Bonchev–Trinajstić information content (AvgIpc) is 3.43. The van der Waals surface area contributed by atoms with Crippen LogP contribution in [0.1, 0.15) is 30.4 Å². The Morgan fingerprint density at radius 1 is 1.28 bits per heavy atom. The van der Waals surface area contributed by atoms with Crippen molar-refractivity contribution >= 4 is 5.91 Å². The number of hydroxylamine groups is 1. The molecule has 7 nitrogen and oxygen atoms in total. The first-order valence-electron chi connectivity index (χ1n) is 9.87. The summed E-state index contributed by atoms with van der Waals surface area (Å²) in [4.78, 5) is 18.0. The van der Waals surface area contributed by atoms with Crippen molar-refractivity contribution in [2.24, 2.45) is 0 Å². The Kier molecular flexibility index (Phi) is 6.07. The first kappa shape index (κ1) is 20.5. The van der Waals surface area contributed by atoms with E-state index in [1.807, 2.05) is 0 Å². The highest BCUT2D eigenvalue weighted by Gasteiger charge is 2.39. The van der Waals surface area contributed by atoms with Crippen molar-refractivity contribution in [1.29, 1.82) is 0 Å². The number of ether oxygens (including phenoxy) is 1. The fraction of sp³-hybridized carbons (Fsp3) is 0.632. The van der Waals surface area contributed by atoms with Crippen molar-refractivity contribution < 1.29 is 27.5 Å². The molecular weight excluding hydrogens is 389 g/mol. The van der Waals surface area contributed by atoms with Crippen molar-refractivity contribution in [2.75, 3.05) is 19.7 Å². The zero-order valence-corrected chi connectivity index (χ0v) is 15.9. The summed E-state index contributed by atoms with van der Waals surface area (Å²) >= 11 is 0. The predicted molar refractivity (Wildman–Crippen MR) is 97.2 cm³/mol. The highest BCUT2D eigenvalue weighted by atomic mass is 19.4. The lowest BCUT2D eigenvalue weighted by molar-refractivity contribution is -0.138. The molecule has 1 amide bonds. The molecule has 0 bridgehead atoms. The van der Waals surface area contributed by atoms with Gasteiger partial charge in [-0.25, -0.2) is 5.01 Å². The van der Waals surface area contributed by atoms with Crippen molar-refractivity contribution in [3.05, 3.63) is 35.4 Å². The Hall–Kier alpha value is -1.72. The molecule has 0 saturated carbocycles. The summed E-state index contributed by atoms with van der Waals surface area (Å²) in [5.74, 6) is -0.171. The maximum absolute atomic E-state index is 13.2. The predicted octanol–water partition coefficient (Wildman–Crippen LogP) is 1.35. The Morgan fingerprint density at radius 2 is 2.10 bits per heavy atom. The van der Waals surface area contributed by atoms with E-state index in [4.69, 9.17) is 9.57 Å². The van der Waals surface area contributed by atoms with Gasteiger partial charge in [-0.15, -0.1) is 0 Å². The molecule has 3 N–H and O–H groups in total. The average molecular weight is 414 g/mol. The Morgan fingerprint density at radius 3 is 2.86 bits per heavy atom. The van der Waals surface area contributed by atoms with Crippen LogP contribution in [0.4, 0.5) is 13.2 Å². The lowest BCUT2D eigenvalue weighted by Gasteiger charge is -2.19. The third kappa shape index (κ3) is 4.89. The van der Waals surface area contributed by atoms with E-state index in [1.54, 1.807) is 11.1 Å². The highest BCUT2D eigenvalue weighted by Crippen LogP contribution is 2.32. The zero-order valence-electron chi connectivity index (χ0n) is 15.9. The first-order valence-corrected chi connectivity index (χ1v) is 9.87. The fourth-order valence-electron chi connectivity index (χ4n) is 4.08. The second-order valence-corrected chi connectivity index (χ2v) is 7.72. The molecule has 3 aliphatic heterocycles. The van der Waals surface area contributed by atoms with Gasteiger partial charge in [0.2, 0.25) is 5.91 Å². The first-order chi connectivity index (χ1) is 13.9. The largest absolute Gasteiger partial charge is 0.416 e. The molecule has 1 aromatic carbocycles. The molecular formula is C19H25F3N4O3. The summed E-state index contributed by atoms with van der Waals surface area (Å²) in [6.07, 6.45) is -2.02. The maximum atomic E-state index is 13.2. The Labute approximate surface area is 166 Å². The molecule has 0 radical (unpaired) electrons. The monoisotopic (exact) mass is 414 g/mol. The normalized spacial score (nSPS) is 30.7. The maximum Gasteiger partial charge on any atom is 0.416 e. The van der Waals surface area contributed by atoms with Crippen molar-refractivity contribution in [3.63, 3.8) is 0 Å². The van der Waals surface area contributed by atoms with E-state index in [0.29, 0.717) is 19.5 Å². The number of nitrogens with one attached hydrogen (secondary N) is 3. The van der Waals surface area contributed by atoms with E-state index in [9.17, 15) is 18.0 Å². The minimum atomic E-state index is -4.39. The van der Waals surface area contributed by atoms with Crippen molar-refractivity contribution in [3.8, 4) is 0 Å². The Balaban J connectivity index is 1.27. The van der Waals surface area contributed by atoms with Gasteiger partial charge in [-0.1, -0.05) is 18.2 Å². The van der Waals surface area contributed by atoms with Crippen LogP contribution in [0.5, 0.6) is 0 Å². The minimum Gasteiger partial charge on any atom is -0.375 e. The van der Waals surface area contributed by atoms with Gasteiger partial charge in [-0.2, -0.15) is 18.7 Å². The molecule has 4 atom stereocenters. The smallest absolute Gasteiger partial charge is 0.375 e. The number of hydrogen-bond donors (Lipinski definition) is 3. The molecule has 3 saturated heterocycles. The molecule has 10 heteroatoms. The summed E-state index contributed by atoms with van der Waals surface area (Å²) in [7, 11) is 0. The van der Waals surface area contributed by atoms with E-state index in [1.165, 1.54) is 12.1 Å². The van der Waals surface area contributed by atoms with Gasteiger partial charge in [-0.05, 0) is 24.5 Å². The third-order valence-corrected chi connectivity index (χ3v) is 5.56. The molecule has 3 heterocycles. The topological polar surface area (TPSA) is 74.9 Å². The van der Waals surface area contributed by atoms with E-state index in [0.717, 1.165) is 25.5 Å². The highest BCUT2D eigenvalue weighted by molar-refractivity contribution is 5.82. The van der Waals surface area contributed by atoms with Crippen LogP contribution in [0.3, 0.4) is 0 Å². The van der Waals surface area contributed by atoms with Crippen LogP contribution >= 0.6 is 0 Å². The summed E-state index contributed by atoms with van der Waals surface area (Å²) in [5, 5.41) is 4.64.